The Labute approximate surface area is 186 Å². The van der Waals surface area contributed by atoms with Crippen LogP contribution >= 0.6 is 23.1 Å². The molecule has 1 N–H and O–H groups in total. The van der Waals surface area contributed by atoms with Crippen molar-refractivity contribution in [2.45, 2.75) is 38.4 Å². The molecule has 0 aliphatic rings. The Balaban J connectivity index is 1.56. The fourth-order valence-corrected chi connectivity index (χ4v) is 4.88. The summed E-state index contributed by atoms with van der Waals surface area (Å²) in [4.78, 5) is 30.9. The Hall–Kier alpha value is -2.98. The maximum absolute atomic E-state index is 13.2. The summed E-state index contributed by atoms with van der Waals surface area (Å²) >= 11 is 2.63. The van der Waals surface area contributed by atoms with E-state index in [0.717, 1.165) is 11.1 Å². The second kappa shape index (κ2) is 9.03. The second-order valence-corrected chi connectivity index (χ2v) is 8.88. The zero-order valence-corrected chi connectivity index (χ0v) is 18.9. The maximum Gasteiger partial charge on any atom is 0.322 e. The van der Waals surface area contributed by atoms with Gasteiger partial charge in [0.1, 0.15) is 4.83 Å². The number of hydrogen-bond acceptors (Lipinski definition) is 8. The number of nitrogens with one attached hydrogen (secondary N) is 1. The van der Waals surface area contributed by atoms with Crippen molar-refractivity contribution in [2.24, 2.45) is 0 Å². The zero-order chi connectivity index (χ0) is 22.0. The van der Waals surface area contributed by atoms with Gasteiger partial charge in [0.15, 0.2) is 5.16 Å². The number of benzene rings is 1. The summed E-state index contributed by atoms with van der Waals surface area (Å²) < 4.78 is 7.00. The molecule has 0 aliphatic heterocycles. The molecule has 4 aromatic rings. The van der Waals surface area contributed by atoms with Gasteiger partial charge in [-0.3, -0.25) is 19.5 Å². The molecule has 3 aromatic heterocycles. The number of fused-ring (bicyclic) bond motifs is 1. The molecule has 0 unspecified atom stereocenters. The zero-order valence-electron chi connectivity index (χ0n) is 17.3. The molecule has 160 valence electrons. The van der Waals surface area contributed by atoms with E-state index in [0.29, 0.717) is 27.8 Å². The number of rotatable bonds is 7. The highest BCUT2D eigenvalue weighted by Gasteiger charge is 2.18. The first-order valence-electron chi connectivity index (χ1n) is 9.81. The van der Waals surface area contributed by atoms with Crippen molar-refractivity contribution in [3.63, 3.8) is 0 Å². The summed E-state index contributed by atoms with van der Waals surface area (Å²) in [5.41, 5.74) is 1.76. The molecule has 1 aromatic carbocycles. The van der Waals surface area contributed by atoms with E-state index >= 15 is 0 Å². The Morgan fingerprint density at radius 1 is 1.26 bits per heavy atom. The van der Waals surface area contributed by atoms with E-state index in [2.05, 4.69) is 20.5 Å². The topological polar surface area (TPSA) is 103 Å². The fourth-order valence-electron chi connectivity index (χ4n) is 3.03. The molecule has 0 atom stereocenters. The van der Waals surface area contributed by atoms with E-state index in [4.69, 9.17) is 4.42 Å². The van der Waals surface area contributed by atoms with Gasteiger partial charge in [-0.05, 0) is 12.5 Å². The van der Waals surface area contributed by atoms with Crippen LogP contribution in [-0.2, 0) is 11.3 Å². The molecule has 4 rings (SSSR count). The number of hydrogen-bond donors (Lipinski definition) is 1. The van der Waals surface area contributed by atoms with E-state index in [1.54, 1.807) is 4.57 Å². The van der Waals surface area contributed by atoms with Crippen molar-refractivity contribution < 1.29 is 9.21 Å². The molecule has 0 aliphatic carbocycles. The number of amides is 1. The third-order valence-corrected chi connectivity index (χ3v) is 6.42. The largest absolute Gasteiger partial charge is 0.408 e. The van der Waals surface area contributed by atoms with Crippen molar-refractivity contribution in [1.29, 1.82) is 0 Å². The summed E-state index contributed by atoms with van der Waals surface area (Å²) in [6.07, 6.45) is 0. The van der Waals surface area contributed by atoms with Gasteiger partial charge in [-0.15, -0.1) is 16.4 Å². The molecular weight excluding hydrogens is 434 g/mol. The first kappa shape index (κ1) is 21.3. The first-order chi connectivity index (χ1) is 15.0. The van der Waals surface area contributed by atoms with Gasteiger partial charge in [0.05, 0.1) is 11.1 Å². The lowest BCUT2D eigenvalue weighted by Crippen LogP contribution is -2.23. The molecular formula is C21H21N5O3S2. The van der Waals surface area contributed by atoms with Crippen LogP contribution < -0.4 is 10.9 Å². The highest BCUT2D eigenvalue weighted by atomic mass is 32.2. The number of thioether (sulfide) groups is 1. The van der Waals surface area contributed by atoms with Gasteiger partial charge >= 0.3 is 6.01 Å². The van der Waals surface area contributed by atoms with Crippen LogP contribution in [0.4, 0.5) is 6.01 Å². The number of carbonyl (C=O) groups excluding carboxylic acids is 1. The Kier molecular flexibility index (Phi) is 6.19. The average Bonchev–Trinajstić information content (AvgIpc) is 3.40. The molecule has 1 amide bonds. The number of nitrogens with zero attached hydrogens (tertiary/aromatic N) is 4. The van der Waals surface area contributed by atoms with E-state index < -0.39 is 0 Å². The summed E-state index contributed by atoms with van der Waals surface area (Å²) in [7, 11) is 0. The van der Waals surface area contributed by atoms with Gasteiger partial charge in [0, 0.05) is 23.4 Å². The van der Waals surface area contributed by atoms with Crippen molar-refractivity contribution in [3.05, 3.63) is 52.0 Å². The van der Waals surface area contributed by atoms with Crippen LogP contribution in [0, 0.1) is 0 Å². The molecule has 0 spiro atoms. The molecule has 0 radical (unpaired) electrons. The normalized spacial score (nSPS) is 11.4. The highest BCUT2D eigenvalue weighted by molar-refractivity contribution is 7.99. The van der Waals surface area contributed by atoms with Crippen molar-refractivity contribution >= 4 is 45.2 Å². The van der Waals surface area contributed by atoms with Crippen LogP contribution in [0.1, 0.15) is 32.6 Å². The minimum Gasteiger partial charge on any atom is -0.408 e. The summed E-state index contributed by atoms with van der Waals surface area (Å²) in [6.45, 7) is 6.19. The minimum absolute atomic E-state index is 0.0637. The quantitative estimate of drug-likeness (QED) is 0.326. The lowest BCUT2D eigenvalue weighted by Gasteiger charge is -2.10. The minimum atomic E-state index is -0.308. The average molecular weight is 456 g/mol. The van der Waals surface area contributed by atoms with Gasteiger partial charge in [0.2, 0.25) is 11.8 Å². The summed E-state index contributed by atoms with van der Waals surface area (Å²) in [6, 6.07) is 9.86. The molecule has 0 bridgehead atoms. The van der Waals surface area contributed by atoms with Gasteiger partial charge in [-0.2, -0.15) is 0 Å². The van der Waals surface area contributed by atoms with Crippen molar-refractivity contribution in [1.82, 2.24) is 19.7 Å². The van der Waals surface area contributed by atoms with E-state index in [1.807, 2.05) is 56.5 Å². The van der Waals surface area contributed by atoms with Crippen LogP contribution in [0.5, 0.6) is 0 Å². The Morgan fingerprint density at radius 3 is 2.71 bits per heavy atom. The molecule has 31 heavy (non-hydrogen) atoms. The molecule has 0 fully saturated rings. The Bertz CT molecular complexity index is 1280. The van der Waals surface area contributed by atoms with Gasteiger partial charge in [0.25, 0.3) is 5.56 Å². The van der Waals surface area contributed by atoms with E-state index in [9.17, 15) is 9.59 Å². The van der Waals surface area contributed by atoms with Crippen LogP contribution in [0.3, 0.4) is 0 Å². The molecule has 0 saturated heterocycles. The fraction of sp³-hybridized carbons (Fsp3) is 0.286. The standard InChI is InChI=1S/C21H21N5O3S2/c1-4-26-19(28)16-14(13-8-6-5-7-9-13)10-30-18(16)23-21(26)31-11-15(27)22-20-25-24-17(29-20)12(2)3/h5-10,12H,4,11H2,1-3H3,(H,22,25,27). The second-order valence-electron chi connectivity index (χ2n) is 7.08. The van der Waals surface area contributed by atoms with Crippen LogP contribution in [0.2, 0.25) is 0 Å². The molecule has 10 heteroatoms. The number of carbonyl (C=O) groups is 1. The van der Waals surface area contributed by atoms with Gasteiger partial charge < -0.3 is 4.42 Å². The van der Waals surface area contributed by atoms with Crippen LogP contribution in [0.15, 0.2) is 50.1 Å². The molecule has 0 saturated carbocycles. The van der Waals surface area contributed by atoms with E-state index in [-0.39, 0.29) is 29.2 Å². The number of thiophene rings is 1. The SMILES string of the molecule is CCn1c(SCC(=O)Nc2nnc(C(C)C)o2)nc2scc(-c3ccccc3)c2c1=O. The lowest BCUT2D eigenvalue weighted by atomic mass is 10.1. The lowest BCUT2D eigenvalue weighted by molar-refractivity contribution is -0.113. The predicted octanol–water partition coefficient (Wildman–Crippen LogP) is 4.38. The molecule has 8 nitrogen and oxygen atoms in total. The number of aromatic nitrogens is 4. The molecule has 3 heterocycles. The third-order valence-electron chi connectivity index (χ3n) is 4.57. The van der Waals surface area contributed by atoms with Gasteiger partial charge in [-0.25, -0.2) is 4.98 Å². The van der Waals surface area contributed by atoms with E-state index in [1.165, 1.54) is 23.1 Å². The smallest absolute Gasteiger partial charge is 0.322 e. The monoisotopic (exact) mass is 455 g/mol. The number of anilines is 1. The third kappa shape index (κ3) is 4.40. The Morgan fingerprint density at radius 2 is 2.03 bits per heavy atom. The van der Waals surface area contributed by atoms with Crippen molar-refractivity contribution in [3.8, 4) is 11.1 Å². The first-order valence-corrected chi connectivity index (χ1v) is 11.7. The summed E-state index contributed by atoms with van der Waals surface area (Å²) in [5, 5.41) is 13.4. The highest BCUT2D eigenvalue weighted by Crippen LogP contribution is 2.32. The summed E-state index contributed by atoms with van der Waals surface area (Å²) in [5.74, 6) is 0.293. The maximum atomic E-state index is 13.2. The van der Waals surface area contributed by atoms with Gasteiger partial charge in [-0.1, -0.05) is 61.0 Å². The van der Waals surface area contributed by atoms with Crippen molar-refractivity contribution in [2.75, 3.05) is 11.1 Å². The van der Waals surface area contributed by atoms with Crippen LogP contribution in [0.25, 0.3) is 21.3 Å². The van der Waals surface area contributed by atoms with Crippen LogP contribution in [-0.4, -0.2) is 31.4 Å². The predicted molar refractivity (Wildman–Crippen MR) is 123 cm³/mol.